The lowest BCUT2D eigenvalue weighted by Crippen LogP contribution is -2.54. The highest BCUT2D eigenvalue weighted by atomic mass is 16.2. The molecule has 0 aliphatic heterocycles. The quantitative estimate of drug-likeness (QED) is 0.723. The molecule has 0 fully saturated rings. The van der Waals surface area contributed by atoms with Crippen molar-refractivity contribution in [1.29, 1.82) is 0 Å². The van der Waals surface area contributed by atoms with E-state index in [1.807, 2.05) is 56.3 Å². The fourth-order valence-electron chi connectivity index (χ4n) is 2.63. The number of hydrogen-bond acceptors (Lipinski definition) is 3. The third-order valence-electron chi connectivity index (χ3n) is 3.86. The van der Waals surface area contributed by atoms with E-state index in [2.05, 4.69) is 16.2 Å². The predicted molar refractivity (Wildman–Crippen MR) is 96.4 cm³/mol. The molecule has 25 heavy (non-hydrogen) atoms. The molecule has 6 heteroatoms. The summed E-state index contributed by atoms with van der Waals surface area (Å²) in [5.41, 5.74) is 5.68. The van der Waals surface area contributed by atoms with Crippen LogP contribution in [0.25, 0.3) is 10.8 Å². The molecule has 0 bridgehead atoms. The van der Waals surface area contributed by atoms with Crippen LogP contribution < -0.4 is 16.2 Å². The molecule has 132 valence electrons. The zero-order valence-corrected chi connectivity index (χ0v) is 14.6. The molecule has 2 aromatic rings. The summed E-state index contributed by atoms with van der Waals surface area (Å²) in [6, 6.07) is 12.9. The first-order valence-electron chi connectivity index (χ1n) is 8.21. The van der Waals surface area contributed by atoms with Gasteiger partial charge in [-0.15, -0.1) is 0 Å². The minimum atomic E-state index is -0.699. The van der Waals surface area contributed by atoms with Crippen molar-refractivity contribution in [3.8, 4) is 0 Å². The number of hydrogen-bond donors (Lipinski definition) is 3. The summed E-state index contributed by atoms with van der Waals surface area (Å²) < 4.78 is 0. The molecular formula is C19H23N3O3. The molecule has 0 aromatic heterocycles. The van der Waals surface area contributed by atoms with Gasteiger partial charge >= 0.3 is 0 Å². The average Bonchev–Trinajstić information content (AvgIpc) is 2.57. The maximum absolute atomic E-state index is 12.2. The zero-order valence-electron chi connectivity index (χ0n) is 14.6. The molecule has 0 radical (unpaired) electrons. The molecular weight excluding hydrogens is 318 g/mol. The van der Waals surface area contributed by atoms with Gasteiger partial charge in [0.05, 0.1) is 6.42 Å². The van der Waals surface area contributed by atoms with Crippen molar-refractivity contribution in [3.05, 3.63) is 48.0 Å². The Balaban J connectivity index is 1.98. The van der Waals surface area contributed by atoms with Crippen LogP contribution in [-0.4, -0.2) is 23.8 Å². The fraction of sp³-hybridized carbons (Fsp3) is 0.316. The van der Waals surface area contributed by atoms with Crippen molar-refractivity contribution >= 4 is 28.5 Å². The van der Waals surface area contributed by atoms with E-state index in [0.29, 0.717) is 0 Å². The van der Waals surface area contributed by atoms with Gasteiger partial charge in [0.1, 0.15) is 6.04 Å². The van der Waals surface area contributed by atoms with E-state index in [9.17, 15) is 14.4 Å². The molecule has 3 amide bonds. The maximum Gasteiger partial charge on any atom is 0.261 e. The largest absolute Gasteiger partial charge is 0.344 e. The normalized spacial score (nSPS) is 11.8. The Bertz CT molecular complexity index is 781. The molecule has 2 aromatic carbocycles. The van der Waals surface area contributed by atoms with E-state index in [1.54, 1.807) is 0 Å². The van der Waals surface area contributed by atoms with Crippen LogP contribution in [0, 0.1) is 5.92 Å². The third-order valence-corrected chi connectivity index (χ3v) is 3.86. The van der Waals surface area contributed by atoms with Gasteiger partial charge in [0.15, 0.2) is 0 Å². The summed E-state index contributed by atoms with van der Waals surface area (Å²) in [4.78, 5) is 35.5. The van der Waals surface area contributed by atoms with Gasteiger partial charge in [-0.25, -0.2) is 0 Å². The summed E-state index contributed by atoms with van der Waals surface area (Å²) >= 11 is 0. The SMILES string of the molecule is CC(=O)NC(C(=O)NNC(=O)Cc1cccc2ccccc12)C(C)C. The lowest BCUT2D eigenvalue weighted by molar-refractivity contribution is -0.132. The summed E-state index contributed by atoms with van der Waals surface area (Å²) in [5, 5.41) is 4.64. The van der Waals surface area contributed by atoms with Gasteiger partial charge in [-0.2, -0.15) is 0 Å². The summed E-state index contributed by atoms with van der Waals surface area (Å²) in [6.07, 6.45) is 0.147. The van der Waals surface area contributed by atoms with Gasteiger partial charge in [-0.1, -0.05) is 56.3 Å². The molecule has 0 aliphatic carbocycles. The second kappa shape index (κ2) is 8.28. The van der Waals surface area contributed by atoms with Crippen LogP contribution in [0.2, 0.25) is 0 Å². The number of hydrazine groups is 1. The number of fused-ring (bicyclic) bond motifs is 1. The van der Waals surface area contributed by atoms with Crippen molar-refractivity contribution < 1.29 is 14.4 Å². The van der Waals surface area contributed by atoms with E-state index in [1.165, 1.54) is 6.92 Å². The minimum Gasteiger partial charge on any atom is -0.344 e. The van der Waals surface area contributed by atoms with Crippen molar-refractivity contribution in [3.63, 3.8) is 0 Å². The van der Waals surface area contributed by atoms with Crippen LogP contribution in [-0.2, 0) is 20.8 Å². The third kappa shape index (κ3) is 5.04. The molecule has 0 saturated heterocycles. The topological polar surface area (TPSA) is 87.3 Å². The molecule has 0 heterocycles. The Morgan fingerprint density at radius 3 is 2.32 bits per heavy atom. The zero-order chi connectivity index (χ0) is 18.4. The Labute approximate surface area is 147 Å². The van der Waals surface area contributed by atoms with E-state index in [-0.39, 0.29) is 24.2 Å². The second-order valence-corrected chi connectivity index (χ2v) is 6.27. The number of amides is 3. The van der Waals surface area contributed by atoms with Crippen LogP contribution in [0.1, 0.15) is 26.3 Å². The van der Waals surface area contributed by atoms with E-state index in [0.717, 1.165) is 16.3 Å². The fourth-order valence-corrected chi connectivity index (χ4v) is 2.63. The molecule has 1 atom stereocenters. The van der Waals surface area contributed by atoms with Gasteiger partial charge in [0, 0.05) is 6.92 Å². The van der Waals surface area contributed by atoms with Crippen LogP contribution in [0.3, 0.4) is 0 Å². The highest BCUT2D eigenvalue weighted by Crippen LogP contribution is 2.18. The predicted octanol–water partition coefficient (Wildman–Crippen LogP) is 1.69. The summed E-state index contributed by atoms with van der Waals surface area (Å²) in [7, 11) is 0. The van der Waals surface area contributed by atoms with E-state index < -0.39 is 11.9 Å². The Morgan fingerprint density at radius 2 is 1.64 bits per heavy atom. The van der Waals surface area contributed by atoms with E-state index in [4.69, 9.17) is 0 Å². The Hall–Kier alpha value is -2.89. The molecule has 0 saturated carbocycles. The van der Waals surface area contributed by atoms with Gasteiger partial charge in [-0.3, -0.25) is 25.2 Å². The number of rotatable bonds is 5. The lowest BCUT2D eigenvalue weighted by Gasteiger charge is -2.21. The van der Waals surface area contributed by atoms with Crippen molar-refractivity contribution in [2.75, 3.05) is 0 Å². The second-order valence-electron chi connectivity index (χ2n) is 6.27. The number of carbonyl (C=O) groups excluding carboxylic acids is 3. The van der Waals surface area contributed by atoms with Crippen LogP contribution in [0.4, 0.5) is 0 Å². The first-order valence-corrected chi connectivity index (χ1v) is 8.21. The highest BCUT2D eigenvalue weighted by molar-refractivity contribution is 5.92. The number of benzene rings is 2. The van der Waals surface area contributed by atoms with Gasteiger partial charge in [-0.05, 0) is 22.3 Å². The summed E-state index contributed by atoms with van der Waals surface area (Å²) in [6.45, 7) is 4.98. The number of nitrogens with one attached hydrogen (secondary N) is 3. The molecule has 1 unspecified atom stereocenters. The minimum absolute atomic E-state index is 0.0983. The van der Waals surface area contributed by atoms with Crippen molar-refractivity contribution in [2.24, 2.45) is 5.92 Å². The standard InChI is InChI=1S/C19H23N3O3/c1-12(2)18(20-13(3)23)19(25)22-21-17(24)11-15-9-6-8-14-7-4-5-10-16(14)15/h4-10,12,18H,11H2,1-3H3,(H,20,23)(H,21,24)(H,22,25). The Morgan fingerprint density at radius 1 is 0.960 bits per heavy atom. The molecule has 6 nitrogen and oxygen atoms in total. The first kappa shape index (κ1) is 18.4. The van der Waals surface area contributed by atoms with Crippen LogP contribution >= 0.6 is 0 Å². The van der Waals surface area contributed by atoms with Crippen LogP contribution in [0.15, 0.2) is 42.5 Å². The smallest absolute Gasteiger partial charge is 0.261 e. The van der Waals surface area contributed by atoms with Crippen molar-refractivity contribution in [2.45, 2.75) is 33.2 Å². The van der Waals surface area contributed by atoms with Crippen molar-refractivity contribution in [1.82, 2.24) is 16.2 Å². The van der Waals surface area contributed by atoms with Gasteiger partial charge in [0.2, 0.25) is 11.8 Å². The first-order chi connectivity index (χ1) is 11.9. The lowest BCUT2D eigenvalue weighted by atomic mass is 10.0. The molecule has 0 aliphatic rings. The van der Waals surface area contributed by atoms with E-state index >= 15 is 0 Å². The highest BCUT2D eigenvalue weighted by Gasteiger charge is 2.23. The molecule has 0 spiro atoms. The molecule has 2 rings (SSSR count). The van der Waals surface area contributed by atoms with Crippen LogP contribution in [0.5, 0.6) is 0 Å². The molecule has 3 N–H and O–H groups in total. The maximum atomic E-state index is 12.2. The van der Waals surface area contributed by atoms with Gasteiger partial charge < -0.3 is 5.32 Å². The van der Waals surface area contributed by atoms with Gasteiger partial charge in [0.25, 0.3) is 5.91 Å². The monoisotopic (exact) mass is 341 g/mol. The number of carbonyl (C=O) groups is 3. The summed E-state index contributed by atoms with van der Waals surface area (Å²) in [5.74, 6) is -1.17. The Kier molecular flexibility index (Phi) is 6.11. The average molecular weight is 341 g/mol.